The molecule has 1 aromatic rings. The molecule has 4 nitrogen and oxygen atoms in total. The van der Waals surface area contributed by atoms with Gasteiger partial charge in [-0.15, -0.1) is 11.8 Å². The van der Waals surface area contributed by atoms with Crippen molar-refractivity contribution in [1.29, 1.82) is 0 Å². The zero-order valence-electron chi connectivity index (χ0n) is 9.69. The highest BCUT2D eigenvalue weighted by Crippen LogP contribution is 2.29. The molecule has 0 radical (unpaired) electrons. The summed E-state index contributed by atoms with van der Waals surface area (Å²) in [5.74, 6) is 1.19. The van der Waals surface area contributed by atoms with Crippen LogP contribution < -0.4 is 10.5 Å². The Labute approximate surface area is 99.8 Å². The molecular weight excluding hydrogens is 224 g/mol. The van der Waals surface area contributed by atoms with Crippen LogP contribution in [0.25, 0.3) is 0 Å². The maximum atomic E-state index is 11.4. The van der Waals surface area contributed by atoms with Gasteiger partial charge in [0, 0.05) is 24.7 Å². The molecule has 0 aliphatic carbocycles. The molecule has 0 aliphatic rings. The van der Waals surface area contributed by atoms with Crippen molar-refractivity contribution in [2.24, 2.45) is 0 Å². The molecule has 5 heteroatoms. The zero-order chi connectivity index (χ0) is 12.1. The van der Waals surface area contributed by atoms with Crippen molar-refractivity contribution < 1.29 is 9.53 Å². The minimum Gasteiger partial charge on any atom is -0.497 e. The highest BCUT2D eigenvalue weighted by Gasteiger charge is 2.07. The summed E-state index contributed by atoms with van der Waals surface area (Å²) in [5.41, 5.74) is 6.47. The van der Waals surface area contributed by atoms with Crippen molar-refractivity contribution in [2.45, 2.75) is 4.90 Å². The number of nitrogen functional groups attached to an aromatic ring is 1. The average molecular weight is 240 g/mol. The van der Waals surface area contributed by atoms with Crippen LogP contribution in [-0.4, -0.2) is 37.8 Å². The number of hydrogen-bond donors (Lipinski definition) is 1. The summed E-state index contributed by atoms with van der Waals surface area (Å²) in [5, 5.41) is 0. The Balaban J connectivity index is 2.69. The molecule has 0 saturated carbocycles. The highest BCUT2D eigenvalue weighted by molar-refractivity contribution is 8.00. The third-order valence-corrected chi connectivity index (χ3v) is 3.13. The lowest BCUT2D eigenvalue weighted by Crippen LogP contribution is -2.23. The van der Waals surface area contributed by atoms with E-state index in [2.05, 4.69) is 0 Å². The fraction of sp³-hybridized carbons (Fsp3) is 0.364. The minimum atomic E-state index is 0.0622. The summed E-state index contributed by atoms with van der Waals surface area (Å²) >= 11 is 1.42. The second kappa shape index (κ2) is 5.65. The second-order valence-corrected chi connectivity index (χ2v) is 4.50. The van der Waals surface area contributed by atoms with Gasteiger partial charge in [0.1, 0.15) is 5.75 Å². The van der Waals surface area contributed by atoms with Gasteiger partial charge in [0.05, 0.1) is 12.9 Å². The summed E-state index contributed by atoms with van der Waals surface area (Å²) in [6.07, 6.45) is 0. The van der Waals surface area contributed by atoms with Crippen LogP contribution in [0, 0.1) is 0 Å². The van der Waals surface area contributed by atoms with Gasteiger partial charge in [-0.05, 0) is 18.2 Å². The van der Waals surface area contributed by atoms with Crippen LogP contribution in [-0.2, 0) is 4.79 Å². The van der Waals surface area contributed by atoms with Gasteiger partial charge in [-0.3, -0.25) is 4.79 Å². The Morgan fingerprint density at radius 3 is 2.75 bits per heavy atom. The van der Waals surface area contributed by atoms with E-state index in [9.17, 15) is 4.79 Å². The maximum Gasteiger partial charge on any atom is 0.232 e. The van der Waals surface area contributed by atoms with E-state index in [0.717, 1.165) is 10.6 Å². The van der Waals surface area contributed by atoms with Crippen LogP contribution in [0.3, 0.4) is 0 Å². The molecular formula is C11H16N2O2S. The number of rotatable bonds is 4. The van der Waals surface area contributed by atoms with Gasteiger partial charge in [-0.2, -0.15) is 0 Å². The summed E-state index contributed by atoms with van der Waals surface area (Å²) < 4.78 is 5.10. The third-order valence-electron chi connectivity index (χ3n) is 2.07. The quantitative estimate of drug-likeness (QED) is 0.639. The fourth-order valence-electron chi connectivity index (χ4n) is 1.04. The van der Waals surface area contributed by atoms with Crippen LogP contribution >= 0.6 is 11.8 Å². The lowest BCUT2D eigenvalue weighted by molar-refractivity contribution is -0.125. The van der Waals surface area contributed by atoms with Crippen molar-refractivity contribution in [3.63, 3.8) is 0 Å². The predicted molar refractivity (Wildman–Crippen MR) is 66.8 cm³/mol. The molecule has 0 aliphatic heterocycles. The Bertz CT molecular complexity index is 380. The summed E-state index contributed by atoms with van der Waals surface area (Å²) in [4.78, 5) is 13.8. The number of carbonyl (C=O) groups excluding carboxylic acids is 1. The first kappa shape index (κ1) is 12.7. The average Bonchev–Trinajstić information content (AvgIpc) is 2.27. The number of anilines is 1. The number of thioether (sulfide) groups is 1. The normalized spacial score (nSPS) is 9.94. The molecule has 1 aromatic carbocycles. The minimum absolute atomic E-state index is 0.0622. The van der Waals surface area contributed by atoms with Crippen molar-refractivity contribution in [3.8, 4) is 5.75 Å². The van der Waals surface area contributed by atoms with Crippen molar-refractivity contribution >= 4 is 23.4 Å². The monoisotopic (exact) mass is 240 g/mol. The molecule has 0 aromatic heterocycles. The van der Waals surface area contributed by atoms with Crippen LogP contribution in [0.1, 0.15) is 0 Å². The van der Waals surface area contributed by atoms with E-state index in [4.69, 9.17) is 10.5 Å². The Kier molecular flexibility index (Phi) is 4.49. The lowest BCUT2D eigenvalue weighted by Gasteiger charge is -2.11. The van der Waals surface area contributed by atoms with Gasteiger partial charge in [-0.1, -0.05) is 0 Å². The summed E-state index contributed by atoms with van der Waals surface area (Å²) in [6, 6.07) is 5.41. The van der Waals surface area contributed by atoms with E-state index in [-0.39, 0.29) is 5.91 Å². The molecule has 0 fully saturated rings. The van der Waals surface area contributed by atoms with E-state index in [1.165, 1.54) is 11.8 Å². The predicted octanol–water partition coefficient (Wildman–Crippen LogP) is 1.46. The van der Waals surface area contributed by atoms with E-state index in [0.29, 0.717) is 11.4 Å². The molecule has 16 heavy (non-hydrogen) atoms. The number of hydrogen-bond acceptors (Lipinski definition) is 4. The first-order valence-electron chi connectivity index (χ1n) is 4.81. The van der Waals surface area contributed by atoms with E-state index in [1.807, 2.05) is 6.07 Å². The molecule has 0 bridgehead atoms. The molecule has 1 amide bonds. The van der Waals surface area contributed by atoms with E-state index in [1.54, 1.807) is 38.2 Å². The second-order valence-electron chi connectivity index (χ2n) is 3.48. The van der Waals surface area contributed by atoms with Crippen molar-refractivity contribution in [1.82, 2.24) is 4.90 Å². The number of benzene rings is 1. The SMILES string of the molecule is COc1ccc(N)c(SCC(=O)N(C)C)c1. The van der Waals surface area contributed by atoms with Crippen LogP contribution in [0.15, 0.2) is 23.1 Å². The largest absolute Gasteiger partial charge is 0.497 e. The molecule has 1 rings (SSSR count). The molecule has 2 N–H and O–H groups in total. The molecule has 0 saturated heterocycles. The van der Waals surface area contributed by atoms with Gasteiger partial charge in [0.15, 0.2) is 0 Å². The number of methoxy groups -OCH3 is 1. The van der Waals surface area contributed by atoms with Gasteiger partial charge >= 0.3 is 0 Å². The number of nitrogens with two attached hydrogens (primary N) is 1. The van der Waals surface area contributed by atoms with Gasteiger partial charge < -0.3 is 15.4 Å². The number of ether oxygens (including phenoxy) is 1. The van der Waals surface area contributed by atoms with E-state index >= 15 is 0 Å². The van der Waals surface area contributed by atoms with E-state index < -0.39 is 0 Å². The van der Waals surface area contributed by atoms with Crippen molar-refractivity contribution in [2.75, 3.05) is 32.7 Å². The third kappa shape index (κ3) is 3.34. The summed E-state index contributed by atoms with van der Waals surface area (Å²) in [7, 11) is 5.07. The number of nitrogens with zero attached hydrogens (tertiary/aromatic N) is 1. The number of amides is 1. The lowest BCUT2D eigenvalue weighted by atomic mass is 10.3. The maximum absolute atomic E-state index is 11.4. The smallest absolute Gasteiger partial charge is 0.232 e. The zero-order valence-corrected chi connectivity index (χ0v) is 10.5. The first-order valence-corrected chi connectivity index (χ1v) is 5.79. The molecule has 0 spiro atoms. The molecule has 88 valence electrons. The highest BCUT2D eigenvalue weighted by atomic mass is 32.2. The number of carbonyl (C=O) groups is 1. The Morgan fingerprint density at radius 2 is 2.19 bits per heavy atom. The molecule has 0 unspecified atom stereocenters. The van der Waals surface area contributed by atoms with Gasteiger partial charge in [-0.25, -0.2) is 0 Å². The fourth-order valence-corrected chi connectivity index (χ4v) is 2.01. The first-order chi connectivity index (χ1) is 7.54. The van der Waals surface area contributed by atoms with Crippen LogP contribution in [0.4, 0.5) is 5.69 Å². The standard InChI is InChI=1S/C11H16N2O2S/c1-13(2)11(14)7-16-10-6-8(15-3)4-5-9(10)12/h4-6H,7,12H2,1-3H3. The summed E-state index contributed by atoms with van der Waals surface area (Å²) in [6.45, 7) is 0. The van der Waals surface area contributed by atoms with Crippen molar-refractivity contribution in [3.05, 3.63) is 18.2 Å². The Morgan fingerprint density at radius 1 is 1.50 bits per heavy atom. The van der Waals surface area contributed by atoms with Gasteiger partial charge in [0.25, 0.3) is 0 Å². The van der Waals surface area contributed by atoms with Gasteiger partial charge in [0.2, 0.25) is 5.91 Å². The topological polar surface area (TPSA) is 55.6 Å². The molecule has 0 atom stereocenters. The van der Waals surface area contributed by atoms with Crippen LogP contribution in [0.2, 0.25) is 0 Å². The molecule has 0 heterocycles. The Hall–Kier alpha value is -1.36. The van der Waals surface area contributed by atoms with Crippen LogP contribution in [0.5, 0.6) is 5.75 Å².